The van der Waals surface area contributed by atoms with Gasteiger partial charge in [0.15, 0.2) is 0 Å². The number of halogens is 1. The lowest BCUT2D eigenvalue weighted by Gasteiger charge is -2.22. The van der Waals surface area contributed by atoms with Crippen LogP contribution in [0.5, 0.6) is 0 Å². The molecule has 5 nitrogen and oxygen atoms in total. The largest absolute Gasteiger partial charge is 0.352 e. The number of amides is 2. The summed E-state index contributed by atoms with van der Waals surface area (Å²) in [4.78, 5) is 23.5. The number of nitrogens with one attached hydrogen (secondary N) is 3. The second-order valence-electron chi connectivity index (χ2n) is 6.50. The van der Waals surface area contributed by atoms with Crippen molar-refractivity contribution in [3.63, 3.8) is 0 Å². The number of piperidine rings is 1. The molecule has 6 heteroatoms. The van der Waals surface area contributed by atoms with Crippen molar-refractivity contribution >= 4 is 29.9 Å². The minimum atomic E-state index is 0. The maximum Gasteiger partial charge on any atom is 0.224 e. The number of carbonyl (C=O) groups is 2. The van der Waals surface area contributed by atoms with Gasteiger partial charge in [-0.3, -0.25) is 9.59 Å². The smallest absolute Gasteiger partial charge is 0.224 e. The average molecular weight is 368 g/mol. The van der Waals surface area contributed by atoms with Gasteiger partial charge in [0.05, 0.1) is 0 Å². The maximum atomic E-state index is 12.0. The van der Waals surface area contributed by atoms with Gasteiger partial charge in [-0.1, -0.05) is 19.1 Å². The highest BCUT2D eigenvalue weighted by Crippen LogP contribution is 2.17. The van der Waals surface area contributed by atoms with Crippen molar-refractivity contribution in [3.8, 4) is 0 Å². The fourth-order valence-corrected chi connectivity index (χ4v) is 2.95. The second kappa shape index (κ2) is 11.9. The Balaban J connectivity index is 0.00000312. The summed E-state index contributed by atoms with van der Waals surface area (Å²) in [6.45, 7) is 4.67. The number of hydrogen-bond donors (Lipinski definition) is 3. The molecule has 1 aromatic rings. The highest BCUT2D eigenvalue weighted by molar-refractivity contribution is 5.90. The van der Waals surface area contributed by atoms with Gasteiger partial charge < -0.3 is 16.0 Å². The van der Waals surface area contributed by atoms with Crippen molar-refractivity contribution < 1.29 is 9.59 Å². The molecule has 0 aromatic heterocycles. The third-order valence-electron chi connectivity index (χ3n) is 4.44. The molecule has 1 heterocycles. The zero-order chi connectivity index (χ0) is 17.2. The van der Waals surface area contributed by atoms with E-state index in [2.05, 4.69) is 16.0 Å². The summed E-state index contributed by atoms with van der Waals surface area (Å²) in [7, 11) is 0. The molecule has 25 heavy (non-hydrogen) atoms. The fraction of sp³-hybridized carbons (Fsp3) is 0.579. The highest BCUT2D eigenvalue weighted by Gasteiger charge is 2.14. The van der Waals surface area contributed by atoms with Crippen molar-refractivity contribution in [3.05, 3.63) is 29.8 Å². The number of carbonyl (C=O) groups excluding carboxylic acids is 2. The molecule has 1 aliphatic rings. The number of benzene rings is 1. The van der Waals surface area contributed by atoms with E-state index in [0.29, 0.717) is 25.3 Å². The van der Waals surface area contributed by atoms with Gasteiger partial charge in [-0.05, 0) is 62.4 Å². The Kier molecular flexibility index (Phi) is 10.2. The number of hydrogen-bond acceptors (Lipinski definition) is 3. The summed E-state index contributed by atoms with van der Waals surface area (Å²) in [5, 5.41) is 9.18. The van der Waals surface area contributed by atoms with Crippen LogP contribution in [0.15, 0.2) is 24.3 Å². The predicted octanol–water partition coefficient (Wildman–Crippen LogP) is 3.24. The minimum Gasteiger partial charge on any atom is -0.352 e. The van der Waals surface area contributed by atoms with Crippen molar-refractivity contribution in [2.24, 2.45) is 5.92 Å². The molecule has 0 spiro atoms. The summed E-state index contributed by atoms with van der Waals surface area (Å²) in [5.74, 6) is 0.841. The maximum absolute atomic E-state index is 12.0. The van der Waals surface area contributed by atoms with Crippen LogP contribution >= 0.6 is 12.4 Å². The lowest BCUT2D eigenvalue weighted by Crippen LogP contribution is -2.29. The Bertz CT molecular complexity index is 528. The summed E-state index contributed by atoms with van der Waals surface area (Å²) in [6, 6.07) is 7.64. The molecule has 2 rings (SSSR count). The lowest BCUT2D eigenvalue weighted by molar-refractivity contribution is -0.121. The van der Waals surface area contributed by atoms with E-state index in [4.69, 9.17) is 0 Å². The summed E-state index contributed by atoms with van der Waals surface area (Å²) < 4.78 is 0. The zero-order valence-electron chi connectivity index (χ0n) is 15.0. The van der Waals surface area contributed by atoms with E-state index in [1.807, 2.05) is 31.2 Å². The van der Waals surface area contributed by atoms with Gasteiger partial charge in [0, 0.05) is 25.1 Å². The van der Waals surface area contributed by atoms with E-state index >= 15 is 0 Å². The van der Waals surface area contributed by atoms with Crippen LogP contribution in [-0.4, -0.2) is 24.9 Å². The monoisotopic (exact) mass is 367 g/mol. The minimum absolute atomic E-state index is 0. The molecule has 1 saturated heterocycles. The topological polar surface area (TPSA) is 70.2 Å². The van der Waals surface area contributed by atoms with Crippen LogP contribution in [0.2, 0.25) is 0 Å². The quantitative estimate of drug-likeness (QED) is 0.660. The molecule has 1 aliphatic heterocycles. The van der Waals surface area contributed by atoms with E-state index in [1.54, 1.807) is 0 Å². The molecule has 1 fully saturated rings. The second-order valence-corrected chi connectivity index (χ2v) is 6.50. The third kappa shape index (κ3) is 8.36. The molecule has 0 radical (unpaired) electrons. The Morgan fingerprint density at radius 3 is 2.40 bits per heavy atom. The first-order valence-corrected chi connectivity index (χ1v) is 9.03. The molecule has 140 valence electrons. The van der Waals surface area contributed by atoms with E-state index in [-0.39, 0.29) is 24.2 Å². The van der Waals surface area contributed by atoms with Gasteiger partial charge in [0.2, 0.25) is 11.8 Å². The molecule has 3 N–H and O–H groups in total. The average Bonchev–Trinajstić information content (AvgIpc) is 2.60. The highest BCUT2D eigenvalue weighted by atomic mass is 35.5. The van der Waals surface area contributed by atoms with Crippen LogP contribution < -0.4 is 16.0 Å². The van der Waals surface area contributed by atoms with Crippen LogP contribution in [0.1, 0.15) is 51.0 Å². The van der Waals surface area contributed by atoms with Crippen molar-refractivity contribution in [1.82, 2.24) is 10.6 Å². The van der Waals surface area contributed by atoms with E-state index in [1.165, 1.54) is 12.8 Å². The normalized spacial score (nSPS) is 14.4. The Morgan fingerprint density at radius 2 is 1.76 bits per heavy atom. The van der Waals surface area contributed by atoms with Crippen LogP contribution in [-0.2, 0) is 16.1 Å². The fourth-order valence-electron chi connectivity index (χ4n) is 2.95. The van der Waals surface area contributed by atoms with Crippen molar-refractivity contribution in [1.29, 1.82) is 0 Å². The summed E-state index contributed by atoms with van der Waals surface area (Å²) in [6.07, 6.45) is 5.32. The van der Waals surface area contributed by atoms with Crippen LogP contribution in [0.25, 0.3) is 0 Å². The third-order valence-corrected chi connectivity index (χ3v) is 4.44. The standard InChI is InChI=1S/C19H29N3O2.ClH/c1-2-3-19(24)22-17-7-4-16(5-8-17)14-21-18(23)9-6-15-10-12-20-13-11-15;/h4-5,7-8,15,20H,2-3,6,9-14H2,1H3,(H,21,23)(H,22,24);1H. The van der Waals surface area contributed by atoms with Gasteiger partial charge >= 0.3 is 0 Å². The van der Waals surface area contributed by atoms with E-state index in [0.717, 1.165) is 37.2 Å². The van der Waals surface area contributed by atoms with Crippen LogP contribution in [0, 0.1) is 5.92 Å². The molecule has 0 saturated carbocycles. The first kappa shape index (κ1) is 21.5. The lowest BCUT2D eigenvalue weighted by atomic mass is 9.93. The van der Waals surface area contributed by atoms with Gasteiger partial charge in [-0.15, -0.1) is 12.4 Å². The van der Waals surface area contributed by atoms with Gasteiger partial charge in [0.1, 0.15) is 0 Å². The van der Waals surface area contributed by atoms with Gasteiger partial charge in [-0.2, -0.15) is 0 Å². The van der Waals surface area contributed by atoms with Crippen LogP contribution in [0.3, 0.4) is 0 Å². The van der Waals surface area contributed by atoms with Gasteiger partial charge in [0.25, 0.3) is 0 Å². The first-order chi connectivity index (χ1) is 11.7. The van der Waals surface area contributed by atoms with Crippen molar-refractivity contribution in [2.75, 3.05) is 18.4 Å². The molecule has 0 atom stereocenters. The molecular weight excluding hydrogens is 338 g/mol. The van der Waals surface area contributed by atoms with Gasteiger partial charge in [-0.25, -0.2) is 0 Å². The summed E-state index contributed by atoms with van der Waals surface area (Å²) >= 11 is 0. The Labute approximate surface area is 156 Å². The number of anilines is 1. The van der Waals surface area contributed by atoms with Crippen molar-refractivity contribution in [2.45, 2.75) is 52.0 Å². The molecule has 0 unspecified atom stereocenters. The van der Waals surface area contributed by atoms with Crippen LogP contribution in [0.4, 0.5) is 5.69 Å². The summed E-state index contributed by atoms with van der Waals surface area (Å²) in [5.41, 5.74) is 1.84. The molecular formula is C19H30ClN3O2. The predicted molar refractivity (Wildman–Crippen MR) is 104 cm³/mol. The Morgan fingerprint density at radius 1 is 1.08 bits per heavy atom. The zero-order valence-corrected chi connectivity index (χ0v) is 15.8. The Hall–Kier alpha value is -1.59. The molecule has 2 amide bonds. The SMILES string of the molecule is CCCC(=O)Nc1ccc(CNC(=O)CCC2CCNCC2)cc1.Cl. The molecule has 1 aromatic carbocycles. The number of rotatable bonds is 8. The van der Waals surface area contributed by atoms with E-state index in [9.17, 15) is 9.59 Å². The van der Waals surface area contributed by atoms with E-state index < -0.39 is 0 Å². The molecule has 0 aliphatic carbocycles. The first-order valence-electron chi connectivity index (χ1n) is 9.03. The molecule has 0 bridgehead atoms.